The van der Waals surface area contributed by atoms with Crippen molar-refractivity contribution in [2.24, 2.45) is 5.10 Å². The van der Waals surface area contributed by atoms with Crippen LogP contribution in [-0.4, -0.2) is 22.7 Å². The van der Waals surface area contributed by atoms with Crippen molar-refractivity contribution in [3.63, 3.8) is 0 Å². The molecule has 1 amide bonds. The Morgan fingerprint density at radius 2 is 1.81 bits per heavy atom. The molecule has 4 rings (SSSR count). The third-order valence-electron chi connectivity index (χ3n) is 4.85. The Labute approximate surface area is 178 Å². The molecule has 0 bridgehead atoms. The second kappa shape index (κ2) is 8.31. The Balaban J connectivity index is 1.49. The number of carbonyl (C=O) groups excluding carboxylic acids is 2. The third kappa shape index (κ3) is 4.25. The number of hydrogen-bond donors (Lipinski definition) is 1. The minimum Gasteiger partial charge on any atom is -0.451 e. The minimum absolute atomic E-state index is 0.205. The molecular formula is C24H21N3O4. The molecule has 0 spiro atoms. The largest absolute Gasteiger partial charge is 0.451 e. The second-order valence-corrected chi connectivity index (χ2v) is 7.10. The van der Waals surface area contributed by atoms with Gasteiger partial charge in [0.2, 0.25) is 0 Å². The number of aryl methyl sites for hydroxylation is 1. The molecule has 4 aromatic rings. The first-order chi connectivity index (χ1) is 14.9. The lowest BCUT2D eigenvalue weighted by Crippen LogP contribution is -2.16. The average molecular weight is 415 g/mol. The quantitative estimate of drug-likeness (QED) is 0.225. The van der Waals surface area contributed by atoms with E-state index in [1.54, 1.807) is 24.4 Å². The second-order valence-electron chi connectivity index (χ2n) is 7.10. The molecule has 2 aromatic heterocycles. The van der Waals surface area contributed by atoms with Crippen molar-refractivity contribution in [1.29, 1.82) is 0 Å². The van der Waals surface area contributed by atoms with E-state index < -0.39 is 5.91 Å². The predicted octanol–water partition coefficient (Wildman–Crippen LogP) is 4.53. The van der Waals surface area contributed by atoms with Crippen molar-refractivity contribution in [3.05, 3.63) is 83.4 Å². The molecule has 0 radical (unpaired) electrons. The Kier molecular flexibility index (Phi) is 5.41. The number of fused-ring (bicyclic) bond motifs is 1. The Bertz CT molecular complexity index is 1260. The monoisotopic (exact) mass is 415 g/mol. The third-order valence-corrected chi connectivity index (χ3v) is 4.85. The van der Waals surface area contributed by atoms with E-state index in [0.29, 0.717) is 11.3 Å². The van der Waals surface area contributed by atoms with Gasteiger partial charge in [-0.3, -0.25) is 9.59 Å². The van der Waals surface area contributed by atoms with Crippen LogP contribution in [0, 0.1) is 13.8 Å². The maximum atomic E-state index is 12.3. The van der Waals surface area contributed by atoms with Gasteiger partial charge in [-0.15, -0.1) is 0 Å². The summed E-state index contributed by atoms with van der Waals surface area (Å²) in [6.07, 6.45) is 1.60. The molecule has 0 saturated heterocycles. The lowest BCUT2D eigenvalue weighted by molar-refractivity contribution is -0.131. The Hall–Kier alpha value is -4.13. The van der Waals surface area contributed by atoms with E-state index in [9.17, 15) is 9.59 Å². The van der Waals surface area contributed by atoms with Crippen LogP contribution in [0.3, 0.4) is 0 Å². The number of rotatable bonds is 5. The molecule has 2 aromatic carbocycles. The molecule has 156 valence electrons. The van der Waals surface area contributed by atoms with Crippen LogP contribution in [0.15, 0.2) is 70.2 Å². The number of esters is 1. The van der Waals surface area contributed by atoms with E-state index in [1.165, 1.54) is 6.92 Å². The Morgan fingerprint density at radius 1 is 1.06 bits per heavy atom. The maximum absolute atomic E-state index is 12.3. The first kappa shape index (κ1) is 20.2. The SMILES string of the molecule is CC(=O)Oc1ccc(-n2c(C)cc(/C=N/NC(=O)c3cc4ccccc4o3)c2C)cc1. The van der Waals surface area contributed by atoms with Crippen molar-refractivity contribution in [3.8, 4) is 11.4 Å². The van der Waals surface area contributed by atoms with Gasteiger partial charge in [0.05, 0.1) is 6.21 Å². The highest BCUT2D eigenvalue weighted by Gasteiger charge is 2.12. The average Bonchev–Trinajstić information content (AvgIpc) is 3.29. The van der Waals surface area contributed by atoms with E-state index in [-0.39, 0.29) is 11.7 Å². The zero-order chi connectivity index (χ0) is 22.0. The summed E-state index contributed by atoms with van der Waals surface area (Å²) in [7, 11) is 0. The fraction of sp³-hybridized carbons (Fsp3) is 0.125. The summed E-state index contributed by atoms with van der Waals surface area (Å²) in [5, 5.41) is 4.95. The summed E-state index contributed by atoms with van der Waals surface area (Å²) in [5.41, 5.74) is 6.92. The highest BCUT2D eigenvalue weighted by atomic mass is 16.5. The van der Waals surface area contributed by atoms with Crippen molar-refractivity contribution in [2.45, 2.75) is 20.8 Å². The van der Waals surface area contributed by atoms with Gasteiger partial charge in [0.15, 0.2) is 5.76 Å². The number of nitrogens with one attached hydrogen (secondary N) is 1. The summed E-state index contributed by atoms with van der Waals surface area (Å²) in [6, 6.07) is 18.3. The molecular weight excluding hydrogens is 394 g/mol. The molecule has 0 aliphatic rings. The number of ether oxygens (including phenoxy) is 1. The molecule has 1 N–H and O–H groups in total. The van der Waals surface area contributed by atoms with E-state index in [4.69, 9.17) is 9.15 Å². The molecule has 7 heteroatoms. The van der Waals surface area contributed by atoms with E-state index >= 15 is 0 Å². The van der Waals surface area contributed by atoms with Crippen LogP contribution in [0.5, 0.6) is 5.75 Å². The van der Waals surface area contributed by atoms with Crippen LogP contribution in [-0.2, 0) is 4.79 Å². The lowest BCUT2D eigenvalue weighted by Gasteiger charge is -2.10. The number of benzene rings is 2. The zero-order valence-electron chi connectivity index (χ0n) is 17.4. The maximum Gasteiger partial charge on any atom is 0.308 e. The Morgan fingerprint density at radius 3 is 2.52 bits per heavy atom. The molecule has 0 atom stereocenters. The van der Waals surface area contributed by atoms with E-state index in [1.807, 2.05) is 56.3 Å². The molecule has 0 fully saturated rings. The van der Waals surface area contributed by atoms with Gasteiger partial charge in [-0.1, -0.05) is 18.2 Å². The van der Waals surface area contributed by atoms with E-state index in [2.05, 4.69) is 15.1 Å². The van der Waals surface area contributed by atoms with Crippen LogP contribution in [0.25, 0.3) is 16.7 Å². The normalized spacial score (nSPS) is 11.2. The van der Waals surface area contributed by atoms with Crippen molar-refractivity contribution in [2.75, 3.05) is 0 Å². The number of furan rings is 1. The number of amides is 1. The highest BCUT2D eigenvalue weighted by molar-refractivity contribution is 5.96. The molecule has 0 saturated carbocycles. The summed E-state index contributed by atoms with van der Waals surface area (Å²) in [5.74, 6) is -0.0722. The molecule has 31 heavy (non-hydrogen) atoms. The van der Waals surface area contributed by atoms with Crippen molar-refractivity contribution in [1.82, 2.24) is 9.99 Å². The van der Waals surface area contributed by atoms with Gasteiger partial charge in [0, 0.05) is 34.9 Å². The van der Waals surface area contributed by atoms with Gasteiger partial charge >= 0.3 is 11.9 Å². The standard InChI is InChI=1S/C24H21N3O4/c1-15-12-19(16(2)27(15)20-8-10-21(11-9-20)30-17(3)28)14-25-26-24(29)23-13-18-6-4-5-7-22(18)31-23/h4-14H,1-3H3,(H,26,29)/b25-14+. The molecule has 2 heterocycles. The fourth-order valence-corrected chi connectivity index (χ4v) is 3.45. The lowest BCUT2D eigenvalue weighted by atomic mass is 10.2. The summed E-state index contributed by atoms with van der Waals surface area (Å²) in [4.78, 5) is 23.4. The predicted molar refractivity (Wildman–Crippen MR) is 118 cm³/mol. The fourth-order valence-electron chi connectivity index (χ4n) is 3.45. The topological polar surface area (TPSA) is 85.8 Å². The van der Waals surface area contributed by atoms with E-state index in [0.717, 1.165) is 28.0 Å². The van der Waals surface area contributed by atoms with Crippen LogP contribution < -0.4 is 10.2 Å². The molecule has 7 nitrogen and oxygen atoms in total. The molecule has 0 unspecified atom stereocenters. The summed E-state index contributed by atoms with van der Waals surface area (Å²) < 4.78 is 12.7. The van der Waals surface area contributed by atoms with Crippen molar-refractivity contribution >= 4 is 29.1 Å². The number of hydrogen-bond acceptors (Lipinski definition) is 5. The number of nitrogens with zero attached hydrogens (tertiary/aromatic N) is 2. The summed E-state index contributed by atoms with van der Waals surface area (Å²) in [6.45, 7) is 5.32. The first-order valence-electron chi connectivity index (χ1n) is 9.72. The van der Waals surface area contributed by atoms with Crippen LogP contribution >= 0.6 is 0 Å². The molecule has 0 aliphatic heterocycles. The van der Waals surface area contributed by atoms with Crippen LogP contribution in [0.4, 0.5) is 0 Å². The van der Waals surface area contributed by atoms with Gasteiger partial charge in [0.25, 0.3) is 0 Å². The number of aromatic nitrogens is 1. The van der Waals surface area contributed by atoms with Gasteiger partial charge in [-0.2, -0.15) is 5.10 Å². The van der Waals surface area contributed by atoms with Gasteiger partial charge in [-0.05, 0) is 56.3 Å². The minimum atomic E-state index is -0.415. The van der Waals surface area contributed by atoms with Crippen LogP contribution in [0.1, 0.15) is 34.4 Å². The number of hydrazone groups is 1. The summed E-state index contributed by atoms with van der Waals surface area (Å²) >= 11 is 0. The van der Waals surface area contributed by atoms with Gasteiger partial charge in [-0.25, -0.2) is 5.43 Å². The number of para-hydroxylation sites is 1. The first-order valence-corrected chi connectivity index (χ1v) is 9.72. The molecule has 0 aliphatic carbocycles. The van der Waals surface area contributed by atoms with Gasteiger partial charge < -0.3 is 13.7 Å². The highest BCUT2D eigenvalue weighted by Crippen LogP contribution is 2.22. The smallest absolute Gasteiger partial charge is 0.308 e. The van der Waals surface area contributed by atoms with Crippen molar-refractivity contribution < 1.29 is 18.7 Å². The van der Waals surface area contributed by atoms with Gasteiger partial charge in [0.1, 0.15) is 11.3 Å². The zero-order valence-corrected chi connectivity index (χ0v) is 17.4. The van der Waals surface area contributed by atoms with Crippen LogP contribution in [0.2, 0.25) is 0 Å². The number of carbonyl (C=O) groups is 2.